The summed E-state index contributed by atoms with van der Waals surface area (Å²) in [5, 5.41) is 10.6. The minimum absolute atomic E-state index is 0.342. The first-order valence-corrected chi connectivity index (χ1v) is 7.50. The van der Waals surface area contributed by atoms with Gasteiger partial charge in [0.2, 0.25) is 0 Å². The molecule has 0 aliphatic rings. The van der Waals surface area contributed by atoms with Crippen LogP contribution in [0.2, 0.25) is 19.6 Å². The minimum Gasteiger partial charge on any atom is -0.508 e. The Morgan fingerprint density at radius 3 is 2.25 bits per heavy atom. The molecule has 0 saturated heterocycles. The number of anilines is 1. The lowest BCUT2D eigenvalue weighted by Crippen LogP contribution is -2.37. The van der Waals surface area contributed by atoms with E-state index in [1.54, 1.807) is 6.07 Å². The van der Waals surface area contributed by atoms with Crippen LogP contribution in [0.1, 0.15) is 0 Å². The summed E-state index contributed by atoms with van der Waals surface area (Å²) in [5.74, 6) is 0.342. The van der Waals surface area contributed by atoms with Gasteiger partial charge in [0.05, 0.1) is 8.07 Å². The van der Waals surface area contributed by atoms with E-state index in [1.807, 2.05) is 12.1 Å². The fraction of sp³-hybridized carbons (Fsp3) is 0.333. The number of phenolic OH excluding ortho intramolecular Hbond substituents is 1. The molecule has 1 aromatic carbocycles. The van der Waals surface area contributed by atoms with Gasteiger partial charge in [-0.1, -0.05) is 25.7 Å². The maximum absolute atomic E-state index is 9.58. The highest BCUT2D eigenvalue weighted by molar-refractivity contribution is 6.89. The van der Waals surface area contributed by atoms with E-state index >= 15 is 0 Å². The second-order valence-corrected chi connectivity index (χ2v) is 9.07. The highest BCUT2D eigenvalue weighted by atomic mass is 28.3. The molecule has 12 heavy (non-hydrogen) atoms. The molecule has 3 N–H and O–H groups in total. The summed E-state index contributed by atoms with van der Waals surface area (Å²) < 4.78 is 0. The van der Waals surface area contributed by atoms with Crippen molar-refractivity contribution in [3.8, 4) is 5.75 Å². The van der Waals surface area contributed by atoms with Crippen LogP contribution >= 0.6 is 0 Å². The van der Waals surface area contributed by atoms with Crippen LogP contribution < -0.4 is 10.9 Å². The van der Waals surface area contributed by atoms with Crippen LogP contribution in [-0.4, -0.2) is 13.2 Å². The molecule has 0 spiro atoms. The monoisotopic (exact) mass is 181 g/mol. The highest BCUT2D eigenvalue weighted by Gasteiger charge is 2.19. The first-order chi connectivity index (χ1) is 5.41. The van der Waals surface area contributed by atoms with Crippen molar-refractivity contribution in [1.29, 1.82) is 0 Å². The van der Waals surface area contributed by atoms with E-state index in [9.17, 15) is 5.11 Å². The fourth-order valence-corrected chi connectivity index (χ4v) is 2.61. The van der Waals surface area contributed by atoms with Gasteiger partial charge in [-0.2, -0.15) is 0 Å². The van der Waals surface area contributed by atoms with Gasteiger partial charge in [-0.25, -0.2) is 0 Å². The van der Waals surface area contributed by atoms with Gasteiger partial charge in [-0.05, 0) is 11.3 Å². The third kappa shape index (κ3) is 1.79. The van der Waals surface area contributed by atoms with Crippen LogP contribution in [0.3, 0.4) is 0 Å². The van der Waals surface area contributed by atoms with E-state index in [0.29, 0.717) is 11.4 Å². The van der Waals surface area contributed by atoms with E-state index in [-0.39, 0.29) is 0 Å². The maximum atomic E-state index is 9.58. The van der Waals surface area contributed by atoms with Gasteiger partial charge in [0.25, 0.3) is 0 Å². The second kappa shape index (κ2) is 2.82. The molecule has 1 aromatic rings. The summed E-state index contributed by atoms with van der Waals surface area (Å²) in [5.41, 5.74) is 6.15. The molecule has 0 amide bonds. The van der Waals surface area contributed by atoms with Crippen LogP contribution in [0.5, 0.6) is 5.75 Å². The molecule has 0 atom stereocenters. The van der Waals surface area contributed by atoms with Gasteiger partial charge >= 0.3 is 0 Å². The molecule has 2 nitrogen and oxygen atoms in total. The smallest absolute Gasteiger partial charge is 0.116 e. The van der Waals surface area contributed by atoms with Crippen LogP contribution in [0, 0.1) is 0 Å². The van der Waals surface area contributed by atoms with Crippen LogP contribution in [0.15, 0.2) is 18.2 Å². The zero-order valence-corrected chi connectivity index (χ0v) is 8.76. The molecule has 0 heterocycles. The fourth-order valence-electron chi connectivity index (χ4n) is 1.18. The average molecular weight is 181 g/mol. The third-order valence-corrected chi connectivity index (χ3v) is 3.87. The van der Waals surface area contributed by atoms with E-state index in [2.05, 4.69) is 19.6 Å². The molecule has 3 heteroatoms. The van der Waals surface area contributed by atoms with Crippen molar-refractivity contribution in [3.63, 3.8) is 0 Å². The number of hydrogen-bond donors (Lipinski definition) is 2. The molecule has 0 unspecified atom stereocenters. The topological polar surface area (TPSA) is 46.2 Å². The molecule has 0 saturated carbocycles. The molecular weight excluding hydrogens is 166 g/mol. The number of aromatic hydroxyl groups is 1. The summed E-state index contributed by atoms with van der Waals surface area (Å²) in [6.07, 6.45) is 0. The van der Waals surface area contributed by atoms with Crippen molar-refractivity contribution < 1.29 is 5.11 Å². The lowest BCUT2D eigenvalue weighted by Gasteiger charge is -2.17. The van der Waals surface area contributed by atoms with E-state index < -0.39 is 8.07 Å². The quantitative estimate of drug-likeness (QED) is 0.510. The Bertz CT molecular complexity index is 291. The first-order valence-electron chi connectivity index (χ1n) is 4.00. The Kier molecular flexibility index (Phi) is 2.15. The van der Waals surface area contributed by atoms with Crippen LogP contribution in [0.4, 0.5) is 5.69 Å². The molecule has 0 aromatic heterocycles. The molecule has 1 rings (SSSR count). The van der Waals surface area contributed by atoms with E-state index in [0.717, 1.165) is 5.19 Å². The zero-order chi connectivity index (χ0) is 9.35. The van der Waals surface area contributed by atoms with Crippen molar-refractivity contribution in [1.82, 2.24) is 0 Å². The van der Waals surface area contributed by atoms with Crippen molar-refractivity contribution >= 4 is 18.9 Å². The lowest BCUT2D eigenvalue weighted by atomic mass is 10.3. The summed E-state index contributed by atoms with van der Waals surface area (Å²) >= 11 is 0. The van der Waals surface area contributed by atoms with E-state index in [4.69, 9.17) is 5.73 Å². The Balaban J connectivity index is 3.19. The van der Waals surface area contributed by atoms with Crippen molar-refractivity contribution in [2.45, 2.75) is 19.6 Å². The Labute approximate surface area is 74.0 Å². The maximum Gasteiger partial charge on any atom is 0.116 e. The van der Waals surface area contributed by atoms with Crippen molar-refractivity contribution in [2.75, 3.05) is 5.73 Å². The number of hydrogen-bond acceptors (Lipinski definition) is 2. The molecule has 0 aliphatic carbocycles. The standard InChI is InChI=1S/C9H15NOSi/c1-12(2,3)9-5-4-7(10)6-8(9)11/h4-6,11H,10H2,1-3H3. The van der Waals surface area contributed by atoms with Crippen LogP contribution in [-0.2, 0) is 0 Å². The van der Waals surface area contributed by atoms with Crippen molar-refractivity contribution in [2.24, 2.45) is 0 Å². The van der Waals surface area contributed by atoms with Gasteiger partial charge in [-0.3, -0.25) is 0 Å². The summed E-state index contributed by atoms with van der Waals surface area (Å²) in [6, 6.07) is 5.39. The number of nitrogens with two attached hydrogens (primary N) is 1. The predicted octanol–water partition coefficient (Wildman–Crippen LogP) is 1.52. The summed E-state index contributed by atoms with van der Waals surface area (Å²) in [4.78, 5) is 0. The molecule has 0 fully saturated rings. The first kappa shape index (κ1) is 9.13. The van der Waals surface area contributed by atoms with Gasteiger partial charge in [0.15, 0.2) is 0 Å². The molecular formula is C9H15NOSi. The molecule has 0 bridgehead atoms. The van der Waals surface area contributed by atoms with E-state index in [1.165, 1.54) is 0 Å². The summed E-state index contributed by atoms with van der Waals surface area (Å²) in [6.45, 7) is 6.58. The number of phenols is 1. The summed E-state index contributed by atoms with van der Waals surface area (Å²) in [7, 11) is -1.41. The predicted molar refractivity (Wildman–Crippen MR) is 55.5 cm³/mol. The Morgan fingerprint density at radius 1 is 1.25 bits per heavy atom. The van der Waals surface area contributed by atoms with Gasteiger partial charge in [0, 0.05) is 11.8 Å². The Morgan fingerprint density at radius 2 is 1.83 bits per heavy atom. The minimum atomic E-state index is -1.41. The molecule has 0 radical (unpaired) electrons. The molecule has 0 aliphatic heterocycles. The second-order valence-electron chi connectivity index (χ2n) is 4.03. The SMILES string of the molecule is C[Si](C)(C)c1ccc(N)cc1O. The molecule has 66 valence electrons. The third-order valence-electron chi connectivity index (χ3n) is 1.83. The van der Waals surface area contributed by atoms with Gasteiger partial charge < -0.3 is 10.8 Å². The van der Waals surface area contributed by atoms with Crippen molar-refractivity contribution in [3.05, 3.63) is 18.2 Å². The van der Waals surface area contributed by atoms with Gasteiger partial charge in [0.1, 0.15) is 5.75 Å². The average Bonchev–Trinajstić information content (AvgIpc) is 1.83. The number of nitrogen functional groups attached to an aromatic ring is 1. The van der Waals surface area contributed by atoms with Gasteiger partial charge in [-0.15, -0.1) is 0 Å². The highest BCUT2D eigenvalue weighted by Crippen LogP contribution is 2.15. The normalized spacial score (nSPS) is 11.6. The largest absolute Gasteiger partial charge is 0.508 e. The lowest BCUT2D eigenvalue weighted by molar-refractivity contribution is 0.479. The zero-order valence-electron chi connectivity index (χ0n) is 7.76. The Hall–Kier alpha value is -0.963. The number of benzene rings is 1. The van der Waals surface area contributed by atoms with Crippen LogP contribution in [0.25, 0.3) is 0 Å². The number of rotatable bonds is 1.